The van der Waals surface area contributed by atoms with E-state index >= 15 is 4.39 Å². The molecule has 0 amide bonds. The third kappa shape index (κ3) is 7.61. The summed E-state index contributed by atoms with van der Waals surface area (Å²) in [6.45, 7) is 2.55. The van der Waals surface area contributed by atoms with Crippen molar-refractivity contribution < 1.29 is 21.9 Å². The second-order valence-electron chi connectivity index (χ2n) is 10.4. The van der Waals surface area contributed by atoms with Crippen molar-refractivity contribution in [2.24, 2.45) is 0 Å². The number of ether oxygens (including phenoxy) is 1. The summed E-state index contributed by atoms with van der Waals surface area (Å²) in [5.74, 6) is -0.648. The van der Waals surface area contributed by atoms with Crippen LogP contribution in [0.3, 0.4) is 0 Å². The zero-order chi connectivity index (χ0) is 28.9. The molecule has 1 saturated heterocycles. The van der Waals surface area contributed by atoms with E-state index < -0.39 is 30.8 Å². The van der Waals surface area contributed by atoms with Gasteiger partial charge in [-0.15, -0.1) is 5.10 Å². The van der Waals surface area contributed by atoms with Crippen LogP contribution in [-0.2, 0) is 27.8 Å². The lowest BCUT2D eigenvalue weighted by Crippen LogP contribution is -2.36. The molecule has 3 aromatic rings. The summed E-state index contributed by atoms with van der Waals surface area (Å²) in [4.78, 5) is 1.57. The van der Waals surface area contributed by atoms with Crippen LogP contribution in [0.1, 0.15) is 17.5 Å². The van der Waals surface area contributed by atoms with Crippen LogP contribution in [0.25, 0.3) is 0 Å². The van der Waals surface area contributed by atoms with Gasteiger partial charge in [-0.05, 0) is 74.2 Å². The molecule has 2 aromatic carbocycles. The maximum atomic E-state index is 15.4. The van der Waals surface area contributed by atoms with Gasteiger partial charge < -0.3 is 10.1 Å². The number of hydrogen-bond acceptors (Lipinski definition) is 7. The molecule has 0 radical (unpaired) electrons. The Morgan fingerprint density at radius 1 is 1.10 bits per heavy atom. The Labute approximate surface area is 241 Å². The van der Waals surface area contributed by atoms with Gasteiger partial charge in [-0.2, -0.15) is 5.10 Å². The first-order chi connectivity index (χ1) is 19.0. The Bertz CT molecular complexity index is 1420. The predicted octanol–water partition coefficient (Wildman–Crippen LogP) is 5.09. The zero-order valence-electron chi connectivity index (χ0n) is 22.7. The van der Waals surface area contributed by atoms with E-state index in [2.05, 4.69) is 39.2 Å². The van der Waals surface area contributed by atoms with E-state index in [1.807, 2.05) is 6.07 Å². The largest absolute Gasteiger partial charge is 0.380 e. The monoisotopic (exact) mass is 613 g/mol. The lowest BCUT2D eigenvalue weighted by molar-refractivity contribution is 0.159. The fraction of sp³-hybridized carbons (Fsp3) is 0.407. The molecule has 218 valence electrons. The summed E-state index contributed by atoms with van der Waals surface area (Å²) < 4.78 is 63.9. The zero-order valence-corrected chi connectivity index (χ0v) is 25.1. The molecule has 8 nitrogen and oxygen atoms in total. The van der Waals surface area contributed by atoms with Crippen LogP contribution in [0.4, 0.5) is 20.3 Å². The van der Waals surface area contributed by atoms with Crippen LogP contribution in [0.5, 0.6) is 0 Å². The van der Waals surface area contributed by atoms with Gasteiger partial charge in [-0.25, -0.2) is 31.5 Å². The number of halogens is 3. The van der Waals surface area contributed by atoms with Crippen molar-refractivity contribution in [1.82, 2.24) is 15.1 Å². The summed E-state index contributed by atoms with van der Waals surface area (Å²) in [5.41, 5.74) is 1.42. The van der Waals surface area contributed by atoms with Crippen LogP contribution in [0, 0.1) is 11.6 Å². The summed E-state index contributed by atoms with van der Waals surface area (Å²) in [6, 6.07) is 9.92. The van der Waals surface area contributed by atoms with Gasteiger partial charge in [-0.1, -0.05) is 23.7 Å². The van der Waals surface area contributed by atoms with Gasteiger partial charge in [0.15, 0.2) is 5.82 Å². The maximum Gasteiger partial charge on any atom is 0.270 e. The van der Waals surface area contributed by atoms with Gasteiger partial charge in [0.2, 0.25) is 0 Å². The van der Waals surface area contributed by atoms with Crippen molar-refractivity contribution >= 4 is 43.2 Å². The molecule has 0 bridgehead atoms. The van der Waals surface area contributed by atoms with E-state index in [1.54, 1.807) is 6.07 Å². The van der Waals surface area contributed by atoms with E-state index in [0.29, 0.717) is 18.7 Å². The molecular formula is C27H34ClF2N5O3S2. The summed E-state index contributed by atoms with van der Waals surface area (Å²) >= 11 is 6.43. The SMILES string of the molecule is CS(C)(C)CCOCN(c1cccnn1)S(=O)(=O)c1cc(Cl)c(NCc2c(F)cccc2CN2CCC2)cc1F. The van der Waals surface area contributed by atoms with Crippen molar-refractivity contribution in [1.29, 1.82) is 0 Å². The molecule has 40 heavy (non-hydrogen) atoms. The van der Waals surface area contributed by atoms with E-state index in [4.69, 9.17) is 16.3 Å². The lowest BCUT2D eigenvalue weighted by atomic mass is 10.0. The van der Waals surface area contributed by atoms with Gasteiger partial charge in [0, 0.05) is 30.6 Å². The number of rotatable bonds is 13. The first-order valence-corrected chi connectivity index (χ1v) is 17.6. The predicted molar refractivity (Wildman–Crippen MR) is 158 cm³/mol. The highest BCUT2D eigenvalue weighted by Crippen LogP contribution is 2.34. The molecule has 2 heterocycles. The number of nitrogens with zero attached hydrogens (tertiary/aromatic N) is 4. The molecule has 13 heteroatoms. The topological polar surface area (TPSA) is 87.7 Å². The molecule has 0 saturated carbocycles. The highest BCUT2D eigenvalue weighted by Gasteiger charge is 2.31. The van der Waals surface area contributed by atoms with E-state index in [1.165, 1.54) is 24.4 Å². The number of aromatic nitrogens is 2. The molecular weight excluding hydrogens is 580 g/mol. The van der Waals surface area contributed by atoms with Gasteiger partial charge in [0.1, 0.15) is 23.3 Å². The Morgan fingerprint density at radius 2 is 1.88 bits per heavy atom. The Morgan fingerprint density at radius 3 is 2.52 bits per heavy atom. The number of hydrogen-bond donors (Lipinski definition) is 1. The van der Waals surface area contributed by atoms with Crippen LogP contribution in [0.15, 0.2) is 53.6 Å². The lowest BCUT2D eigenvalue weighted by Gasteiger charge is -2.31. The third-order valence-corrected chi connectivity index (χ3v) is 9.91. The van der Waals surface area contributed by atoms with Gasteiger partial charge >= 0.3 is 0 Å². The summed E-state index contributed by atoms with van der Waals surface area (Å²) in [6.07, 6.45) is 8.89. The van der Waals surface area contributed by atoms with Crippen molar-refractivity contribution in [3.05, 3.63) is 76.4 Å². The molecule has 0 aliphatic carbocycles. The van der Waals surface area contributed by atoms with Gasteiger partial charge in [0.05, 0.1) is 17.3 Å². The highest BCUT2D eigenvalue weighted by atomic mass is 35.5. The van der Waals surface area contributed by atoms with Crippen molar-refractivity contribution in [2.75, 3.05) is 60.6 Å². The molecule has 1 aromatic heterocycles. The molecule has 1 fully saturated rings. The summed E-state index contributed by atoms with van der Waals surface area (Å²) in [5, 5.41) is 10.6. The van der Waals surface area contributed by atoms with Crippen molar-refractivity contribution in [2.45, 2.75) is 24.4 Å². The van der Waals surface area contributed by atoms with Crippen LogP contribution < -0.4 is 9.62 Å². The van der Waals surface area contributed by atoms with Gasteiger partial charge in [-0.3, -0.25) is 4.90 Å². The summed E-state index contributed by atoms with van der Waals surface area (Å²) in [7, 11) is -5.33. The fourth-order valence-corrected chi connectivity index (χ4v) is 6.32. The van der Waals surface area contributed by atoms with Gasteiger partial charge in [0.25, 0.3) is 10.0 Å². The normalized spacial score (nSPS) is 14.6. The number of benzene rings is 2. The van der Waals surface area contributed by atoms with Crippen molar-refractivity contribution in [3.8, 4) is 0 Å². The average Bonchev–Trinajstić information content (AvgIpc) is 2.87. The molecule has 4 rings (SSSR count). The van der Waals surface area contributed by atoms with Crippen LogP contribution in [0.2, 0.25) is 5.02 Å². The second-order valence-corrected chi connectivity index (χ2v) is 17.2. The molecule has 1 aliphatic heterocycles. The highest BCUT2D eigenvalue weighted by molar-refractivity contribution is 8.32. The number of likely N-dealkylation sites (tertiary alicyclic amines) is 1. The van der Waals surface area contributed by atoms with E-state index in [0.717, 1.165) is 47.3 Å². The fourth-order valence-electron chi connectivity index (χ4n) is 4.04. The molecule has 1 N–H and O–H groups in total. The Balaban J connectivity index is 1.55. The molecule has 0 spiro atoms. The average molecular weight is 614 g/mol. The van der Waals surface area contributed by atoms with Crippen LogP contribution in [-0.4, -0.2) is 74.5 Å². The smallest absolute Gasteiger partial charge is 0.270 e. The maximum absolute atomic E-state index is 15.4. The molecule has 1 aliphatic rings. The quantitative estimate of drug-likeness (QED) is 0.212. The minimum Gasteiger partial charge on any atom is -0.380 e. The minimum absolute atomic E-state index is 0.0161. The second kappa shape index (κ2) is 13.0. The van der Waals surface area contributed by atoms with Crippen LogP contribution >= 0.6 is 21.6 Å². The number of sulfonamides is 1. The standard InChI is InChI=1S/C27H34ClF2N5O3S2/c1-39(2,3)14-13-38-19-35(27-9-5-10-32-33-27)40(36,37)26-15-22(28)25(16-24(26)30)31-17-21-20(7-4-8-23(21)29)18-34-11-6-12-34/h4-5,7-10,15-16,31H,6,11-14,17-19H2,1-3H3. The third-order valence-electron chi connectivity index (χ3n) is 6.47. The van der Waals surface area contributed by atoms with E-state index in [-0.39, 0.29) is 35.6 Å². The first-order valence-electron chi connectivity index (χ1n) is 12.7. The van der Waals surface area contributed by atoms with Crippen molar-refractivity contribution in [3.63, 3.8) is 0 Å². The van der Waals surface area contributed by atoms with E-state index in [9.17, 15) is 12.8 Å². The number of anilines is 2. The molecule has 0 unspecified atom stereocenters. The first kappa shape index (κ1) is 30.4. The Hall–Kier alpha value is -2.51. The number of nitrogens with one attached hydrogen (secondary N) is 1. The Kier molecular flexibility index (Phi) is 9.89. The minimum atomic E-state index is -4.47. The molecule has 0 atom stereocenters.